The van der Waals surface area contributed by atoms with E-state index in [2.05, 4.69) is 36.3 Å². The van der Waals surface area contributed by atoms with Crippen LogP contribution in [0.5, 0.6) is 0 Å². The first-order valence-electron chi connectivity index (χ1n) is 9.25. The Labute approximate surface area is 165 Å². The molecule has 4 nitrogen and oxygen atoms in total. The molecule has 1 heterocycles. The molecule has 0 saturated carbocycles. The summed E-state index contributed by atoms with van der Waals surface area (Å²) in [5.74, 6) is 0.0189. The number of hydrogen-bond donors (Lipinski definition) is 0. The van der Waals surface area contributed by atoms with Crippen molar-refractivity contribution in [3.63, 3.8) is 0 Å². The highest BCUT2D eigenvalue weighted by atomic mass is 35.5. The van der Waals surface area contributed by atoms with Crippen molar-refractivity contribution in [1.82, 2.24) is 4.90 Å². The van der Waals surface area contributed by atoms with Gasteiger partial charge in [-0.1, -0.05) is 72.6 Å². The number of halogens is 1. The molecule has 1 aliphatic rings. The van der Waals surface area contributed by atoms with Crippen molar-refractivity contribution in [3.8, 4) is 0 Å². The predicted molar refractivity (Wildman–Crippen MR) is 109 cm³/mol. The van der Waals surface area contributed by atoms with Gasteiger partial charge in [-0.15, -0.1) is 0 Å². The summed E-state index contributed by atoms with van der Waals surface area (Å²) in [5, 5.41) is 4.93. The van der Waals surface area contributed by atoms with E-state index in [-0.39, 0.29) is 17.9 Å². The lowest BCUT2D eigenvalue weighted by Gasteiger charge is -2.26. The van der Waals surface area contributed by atoms with Gasteiger partial charge in [-0.25, -0.2) is 0 Å². The molecule has 27 heavy (non-hydrogen) atoms. The average Bonchev–Trinajstić information content (AvgIpc) is 3.09. The number of hydrogen-bond acceptors (Lipinski definition) is 3. The molecular weight excluding hydrogens is 360 g/mol. The summed E-state index contributed by atoms with van der Waals surface area (Å²) < 4.78 is 0. The van der Waals surface area contributed by atoms with Crippen molar-refractivity contribution in [1.29, 1.82) is 0 Å². The molecule has 2 aromatic carbocycles. The van der Waals surface area contributed by atoms with Gasteiger partial charge in [0.05, 0.1) is 12.3 Å². The molecule has 3 rings (SSSR count). The number of aryl methyl sites for hydroxylation is 1. The largest absolute Gasteiger partial charge is 0.390 e. The van der Waals surface area contributed by atoms with Gasteiger partial charge in [0.15, 0.2) is 6.10 Å². The van der Waals surface area contributed by atoms with Gasteiger partial charge >= 0.3 is 0 Å². The smallest absolute Gasteiger partial charge is 0.225 e. The number of nitrogens with zero attached hydrogens (tertiary/aromatic N) is 2. The third-order valence-electron chi connectivity index (χ3n) is 4.61. The lowest BCUT2D eigenvalue weighted by atomic mass is 10.0. The number of carbonyl (C=O) groups excluding carboxylic acids is 1. The van der Waals surface area contributed by atoms with Crippen LogP contribution in [0, 0.1) is 12.8 Å². The van der Waals surface area contributed by atoms with E-state index < -0.39 is 0 Å². The van der Waals surface area contributed by atoms with Gasteiger partial charge in [0.2, 0.25) is 5.91 Å². The highest BCUT2D eigenvalue weighted by Crippen LogP contribution is 2.21. The minimum atomic E-state index is -0.136. The summed E-state index contributed by atoms with van der Waals surface area (Å²) in [7, 11) is 0. The molecule has 5 heteroatoms. The second-order valence-corrected chi connectivity index (χ2v) is 7.78. The molecule has 0 N–H and O–H groups in total. The van der Waals surface area contributed by atoms with E-state index in [1.54, 1.807) is 0 Å². The second kappa shape index (κ2) is 8.57. The standard InChI is InChI=1S/C22H25ClN2O2/c1-15(2)22(26)25(13-17-5-4-6-19(23)11-17)14-20-12-21(24-27-20)18-9-7-16(3)8-10-18/h4-11,15,20H,12-14H2,1-3H3/t20-/m0/s1. The first kappa shape index (κ1) is 19.4. The van der Waals surface area contributed by atoms with Gasteiger partial charge in [-0.2, -0.15) is 0 Å². The number of benzene rings is 2. The molecule has 1 amide bonds. The topological polar surface area (TPSA) is 41.9 Å². The fourth-order valence-corrected chi connectivity index (χ4v) is 3.35. The summed E-state index contributed by atoms with van der Waals surface area (Å²) in [6.45, 7) is 6.90. The Morgan fingerprint density at radius 2 is 2.00 bits per heavy atom. The summed E-state index contributed by atoms with van der Waals surface area (Å²) in [4.78, 5) is 20.2. The molecule has 0 aromatic heterocycles. The van der Waals surface area contributed by atoms with Crippen LogP contribution in [-0.2, 0) is 16.2 Å². The first-order valence-corrected chi connectivity index (χ1v) is 9.63. The minimum Gasteiger partial charge on any atom is -0.390 e. The van der Waals surface area contributed by atoms with E-state index >= 15 is 0 Å². The van der Waals surface area contributed by atoms with Gasteiger partial charge in [0, 0.05) is 23.9 Å². The fraction of sp³-hybridized carbons (Fsp3) is 0.364. The maximum Gasteiger partial charge on any atom is 0.225 e. The second-order valence-electron chi connectivity index (χ2n) is 7.34. The van der Waals surface area contributed by atoms with Crippen molar-refractivity contribution in [2.75, 3.05) is 6.54 Å². The van der Waals surface area contributed by atoms with E-state index in [4.69, 9.17) is 16.4 Å². The average molecular weight is 385 g/mol. The van der Waals surface area contributed by atoms with Gasteiger partial charge in [0.1, 0.15) is 0 Å². The summed E-state index contributed by atoms with van der Waals surface area (Å²) in [6.07, 6.45) is 0.559. The van der Waals surface area contributed by atoms with Crippen LogP contribution in [0.2, 0.25) is 5.02 Å². The van der Waals surface area contributed by atoms with Gasteiger partial charge < -0.3 is 9.74 Å². The number of rotatable bonds is 6. The van der Waals surface area contributed by atoms with E-state index in [9.17, 15) is 4.79 Å². The van der Waals surface area contributed by atoms with Crippen LogP contribution >= 0.6 is 11.6 Å². The molecule has 0 fully saturated rings. The van der Waals surface area contributed by atoms with E-state index in [0.717, 1.165) is 16.8 Å². The molecule has 0 unspecified atom stereocenters. The highest BCUT2D eigenvalue weighted by Gasteiger charge is 2.27. The lowest BCUT2D eigenvalue weighted by molar-refractivity contribution is -0.136. The van der Waals surface area contributed by atoms with E-state index in [0.29, 0.717) is 24.5 Å². The Balaban J connectivity index is 1.68. The molecule has 0 radical (unpaired) electrons. The van der Waals surface area contributed by atoms with Crippen molar-refractivity contribution in [2.24, 2.45) is 11.1 Å². The summed E-state index contributed by atoms with van der Waals surface area (Å²) in [6, 6.07) is 15.9. The van der Waals surface area contributed by atoms with Crippen molar-refractivity contribution >= 4 is 23.2 Å². The quantitative estimate of drug-likeness (QED) is 0.716. The zero-order chi connectivity index (χ0) is 19.4. The van der Waals surface area contributed by atoms with Crippen LogP contribution < -0.4 is 0 Å². The van der Waals surface area contributed by atoms with E-state index in [1.165, 1.54) is 5.56 Å². The molecule has 0 spiro atoms. The Bertz CT molecular complexity index is 830. The van der Waals surface area contributed by atoms with Crippen molar-refractivity contribution < 1.29 is 9.63 Å². The molecule has 0 aliphatic carbocycles. The molecule has 0 saturated heterocycles. The van der Waals surface area contributed by atoms with Crippen molar-refractivity contribution in [2.45, 2.75) is 39.8 Å². The predicted octanol–water partition coefficient (Wildman–Crippen LogP) is 4.83. The Kier molecular flexibility index (Phi) is 6.17. The molecule has 2 aromatic rings. The third-order valence-corrected chi connectivity index (χ3v) is 4.84. The lowest BCUT2D eigenvalue weighted by Crippen LogP contribution is -2.39. The zero-order valence-electron chi connectivity index (χ0n) is 16.0. The molecule has 142 valence electrons. The number of oxime groups is 1. The van der Waals surface area contributed by atoms with Crippen LogP contribution in [0.1, 0.15) is 37.0 Å². The number of carbonyl (C=O) groups is 1. The zero-order valence-corrected chi connectivity index (χ0v) is 16.7. The van der Waals surface area contributed by atoms with Crippen molar-refractivity contribution in [3.05, 3.63) is 70.2 Å². The minimum absolute atomic E-state index is 0.0805. The van der Waals surface area contributed by atoms with Crippen LogP contribution in [0.15, 0.2) is 53.7 Å². The molecular formula is C22H25ClN2O2. The van der Waals surface area contributed by atoms with Crippen LogP contribution in [-0.4, -0.2) is 29.2 Å². The molecule has 0 bridgehead atoms. The van der Waals surface area contributed by atoms with Gasteiger partial charge in [-0.05, 0) is 30.2 Å². The van der Waals surface area contributed by atoms with Crippen LogP contribution in [0.25, 0.3) is 0 Å². The fourth-order valence-electron chi connectivity index (χ4n) is 3.14. The monoisotopic (exact) mass is 384 g/mol. The third kappa shape index (κ3) is 5.10. The first-order chi connectivity index (χ1) is 12.9. The molecule has 1 aliphatic heterocycles. The SMILES string of the molecule is Cc1ccc(C2=NO[C@H](CN(Cc3cccc(Cl)c3)C(=O)C(C)C)C2)cc1. The Morgan fingerprint density at radius 3 is 2.67 bits per heavy atom. The van der Waals surface area contributed by atoms with Gasteiger partial charge in [0.25, 0.3) is 0 Å². The maximum absolute atomic E-state index is 12.7. The van der Waals surface area contributed by atoms with E-state index in [1.807, 2.05) is 43.0 Å². The Morgan fingerprint density at radius 1 is 1.26 bits per heavy atom. The Hall–Kier alpha value is -2.33. The summed E-state index contributed by atoms with van der Waals surface area (Å²) >= 11 is 6.09. The van der Waals surface area contributed by atoms with Gasteiger partial charge in [-0.3, -0.25) is 4.79 Å². The highest BCUT2D eigenvalue weighted by molar-refractivity contribution is 6.30. The normalized spacial score (nSPS) is 16.2. The summed E-state index contributed by atoms with van der Waals surface area (Å²) in [5.41, 5.74) is 4.22. The number of amides is 1. The van der Waals surface area contributed by atoms with Crippen LogP contribution in [0.4, 0.5) is 0 Å². The molecule has 1 atom stereocenters. The maximum atomic E-state index is 12.7. The van der Waals surface area contributed by atoms with Crippen LogP contribution in [0.3, 0.4) is 0 Å².